The van der Waals surface area contributed by atoms with Gasteiger partial charge in [0.15, 0.2) is 0 Å². The molecule has 0 radical (unpaired) electrons. The molecule has 1 N–H and O–H groups in total. The van der Waals surface area contributed by atoms with Crippen LogP contribution in [0.5, 0.6) is 5.75 Å². The summed E-state index contributed by atoms with van der Waals surface area (Å²) in [5.41, 5.74) is 2.15. The molecule has 1 amide bonds. The highest BCUT2D eigenvalue weighted by Gasteiger charge is 2.02. The average Bonchev–Trinajstić information content (AvgIpc) is 2.54. The Labute approximate surface area is 136 Å². The van der Waals surface area contributed by atoms with Crippen LogP contribution in [0.4, 0.5) is 0 Å². The summed E-state index contributed by atoms with van der Waals surface area (Å²) in [4.78, 5) is 11.7. The van der Waals surface area contributed by atoms with E-state index in [2.05, 4.69) is 5.32 Å². The summed E-state index contributed by atoms with van der Waals surface area (Å²) in [7, 11) is 0. The number of aryl methyl sites for hydroxylation is 2. The molecule has 0 saturated heterocycles. The van der Waals surface area contributed by atoms with E-state index in [1.807, 2.05) is 55.5 Å². The summed E-state index contributed by atoms with van der Waals surface area (Å²) >= 11 is 5.96. The van der Waals surface area contributed by atoms with Gasteiger partial charge in [-0.05, 0) is 42.7 Å². The molecule has 0 aliphatic heterocycles. The Hall–Kier alpha value is -2.00. The molecule has 0 aromatic heterocycles. The van der Waals surface area contributed by atoms with Crippen LogP contribution in [-0.4, -0.2) is 19.1 Å². The third-order valence-electron chi connectivity index (χ3n) is 3.31. The van der Waals surface area contributed by atoms with Crippen LogP contribution in [0.2, 0.25) is 5.02 Å². The van der Waals surface area contributed by atoms with Gasteiger partial charge in [0.2, 0.25) is 5.91 Å². The minimum absolute atomic E-state index is 0.0414. The van der Waals surface area contributed by atoms with Crippen LogP contribution in [0.1, 0.15) is 17.5 Å². The minimum Gasteiger partial charge on any atom is -0.492 e. The zero-order valence-corrected chi connectivity index (χ0v) is 13.4. The van der Waals surface area contributed by atoms with Crippen LogP contribution in [0.15, 0.2) is 48.5 Å². The maximum absolute atomic E-state index is 11.7. The number of benzene rings is 2. The second kappa shape index (κ2) is 8.44. The number of rotatable bonds is 7. The molecule has 0 heterocycles. The molecule has 0 saturated carbocycles. The zero-order chi connectivity index (χ0) is 15.8. The van der Waals surface area contributed by atoms with Crippen molar-refractivity contribution in [2.24, 2.45) is 0 Å². The highest BCUT2D eigenvalue weighted by molar-refractivity contribution is 6.31. The first-order valence-corrected chi connectivity index (χ1v) is 7.72. The molecule has 3 nitrogen and oxygen atoms in total. The lowest BCUT2D eigenvalue weighted by Gasteiger charge is -2.09. The third kappa shape index (κ3) is 5.41. The molecule has 0 aliphatic carbocycles. The Morgan fingerprint density at radius 2 is 1.95 bits per heavy atom. The van der Waals surface area contributed by atoms with Crippen LogP contribution < -0.4 is 10.1 Å². The fraction of sp³-hybridized carbons (Fsp3) is 0.278. The molecule has 0 aliphatic rings. The topological polar surface area (TPSA) is 38.3 Å². The largest absolute Gasteiger partial charge is 0.492 e. The molecule has 22 heavy (non-hydrogen) atoms. The van der Waals surface area contributed by atoms with Crippen LogP contribution in [0.25, 0.3) is 0 Å². The van der Waals surface area contributed by atoms with Crippen molar-refractivity contribution in [1.29, 1.82) is 0 Å². The van der Waals surface area contributed by atoms with Gasteiger partial charge in [-0.3, -0.25) is 4.79 Å². The smallest absolute Gasteiger partial charge is 0.220 e. The Balaban J connectivity index is 1.63. The summed E-state index contributed by atoms with van der Waals surface area (Å²) in [6, 6.07) is 15.5. The predicted molar refractivity (Wildman–Crippen MR) is 89.5 cm³/mol. The highest BCUT2D eigenvalue weighted by Crippen LogP contribution is 2.20. The van der Waals surface area contributed by atoms with Gasteiger partial charge in [-0.25, -0.2) is 0 Å². The Morgan fingerprint density at radius 1 is 1.18 bits per heavy atom. The second-order valence-electron chi connectivity index (χ2n) is 5.10. The van der Waals surface area contributed by atoms with E-state index in [9.17, 15) is 4.79 Å². The van der Waals surface area contributed by atoms with E-state index in [4.69, 9.17) is 16.3 Å². The molecule has 2 aromatic carbocycles. The summed E-state index contributed by atoms with van der Waals surface area (Å²) in [5, 5.41) is 3.58. The first kappa shape index (κ1) is 16.4. The molecular weight excluding hydrogens is 298 g/mol. The van der Waals surface area contributed by atoms with E-state index in [1.165, 1.54) is 5.56 Å². The number of hydrogen-bond acceptors (Lipinski definition) is 2. The number of halogens is 1. The molecular formula is C18H20ClNO2. The molecule has 0 atom stereocenters. The van der Waals surface area contributed by atoms with Crippen LogP contribution in [0.3, 0.4) is 0 Å². The van der Waals surface area contributed by atoms with E-state index in [0.717, 1.165) is 22.8 Å². The van der Waals surface area contributed by atoms with Gasteiger partial charge >= 0.3 is 0 Å². The summed E-state index contributed by atoms with van der Waals surface area (Å²) < 4.78 is 5.58. The average molecular weight is 318 g/mol. The summed E-state index contributed by atoms with van der Waals surface area (Å²) in [6.45, 7) is 2.87. The quantitative estimate of drug-likeness (QED) is 0.789. The predicted octanol–water partition coefficient (Wildman–Crippen LogP) is 3.78. The van der Waals surface area contributed by atoms with E-state index in [-0.39, 0.29) is 5.91 Å². The molecule has 2 aromatic rings. The molecule has 0 fully saturated rings. The molecule has 0 unspecified atom stereocenters. The van der Waals surface area contributed by atoms with E-state index in [0.29, 0.717) is 19.6 Å². The minimum atomic E-state index is 0.0414. The monoisotopic (exact) mass is 317 g/mol. The van der Waals surface area contributed by atoms with Crippen LogP contribution in [-0.2, 0) is 11.2 Å². The van der Waals surface area contributed by atoms with E-state index < -0.39 is 0 Å². The molecule has 0 spiro atoms. The lowest BCUT2D eigenvalue weighted by atomic mass is 10.1. The van der Waals surface area contributed by atoms with Crippen molar-refractivity contribution in [3.05, 3.63) is 64.7 Å². The van der Waals surface area contributed by atoms with Gasteiger partial charge in [0.05, 0.1) is 6.54 Å². The summed E-state index contributed by atoms with van der Waals surface area (Å²) in [6.07, 6.45) is 1.24. The Kier molecular flexibility index (Phi) is 6.28. The lowest BCUT2D eigenvalue weighted by molar-refractivity contribution is -0.121. The van der Waals surface area contributed by atoms with Crippen molar-refractivity contribution in [3.63, 3.8) is 0 Å². The number of amides is 1. The van der Waals surface area contributed by atoms with Gasteiger partial charge in [0.25, 0.3) is 0 Å². The van der Waals surface area contributed by atoms with Gasteiger partial charge in [-0.15, -0.1) is 0 Å². The Bertz CT molecular complexity index is 614. The van der Waals surface area contributed by atoms with Gasteiger partial charge in [-0.1, -0.05) is 41.9 Å². The van der Waals surface area contributed by atoms with Crippen molar-refractivity contribution in [2.45, 2.75) is 19.8 Å². The molecule has 4 heteroatoms. The maximum Gasteiger partial charge on any atom is 0.220 e. The van der Waals surface area contributed by atoms with Gasteiger partial charge in [0, 0.05) is 11.4 Å². The second-order valence-corrected chi connectivity index (χ2v) is 5.50. The van der Waals surface area contributed by atoms with Crippen molar-refractivity contribution < 1.29 is 9.53 Å². The van der Waals surface area contributed by atoms with Crippen LogP contribution >= 0.6 is 11.6 Å². The molecule has 0 bridgehead atoms. The van der Waals surface area contributed by atoms with E-state index in [1.54, 1.807) is 0 Å². The number of nitrogens with one attached hydrogen (secondary N) is 1. The fourth-order valence-corrected chi connectivity index (χ4v) is 2.17. The number of carbonyl (C=O) groups is 1. The standard InChI is InChI=1S/C18H20ClNO2/c1-14-13-16(8-9-17(14)19)22-12-11-20-18(21)10-7-15-5-3-2-4-6-15/h2-6,8-9,13H,7,10-12H2,1H3,(H,20,21). The lowest BCUT2D eigenvalue weighted by Crippen LogP contribution is -2.28. The maximum atomic E-state index is 11.7. The molecule has 2 rings (SSSR count). The summed E-state index contributed by atoms with van der Waals surface area (Å²) in [5.74, 6) is 0.806. The zero-order valence-electron chi connectivity index (χ0n) is 12.6. The van der Waals surface area contributed by atoms with E-state index >= 15 is 0 Å². The normalized spacial score (nSPS) is 10.3. The Morgan fingerprint density at radius 3 is 2.68 bits per heavy atom. The van der Waals surface area contributed by atoms with Crippen molar-refractivity contribution >= 4 is 17.5 Å². The number of ether oxygens (including phenoxy) is 1. The molecule has 116 valence electrons. The van der Waals surface area contributed by atoms with Gasteiger partial charge < -0.3 is 10.1 Å². The first-order chi connectivity index (χ1) is 10.6. The van der Waals surface area contributed by atoms with Crippen molar-refractivity contribution in [3.8, 4) is 5.75 Å². The number of carbonyl (C=O) groups excluding carboxylic acids is 1. The van der Waals surface area contributed by atoms with Crippen LogP contribution in [0, 0.1) is 6.92 Å². The van der Waals surface area contributed by atoms with Gasteiger partial charge in [0.1, 0.15) is 12.4 Å². The first-order valence-electron chi connectivity index (χ1n) is 7.35. The number of hydrogen-bond donors (Lipinski definition) is 1. The fourth-order valence-electron chi connectivity index (χ4n) is 2.06. The van der Waals surface area contributed by atoms with Crippen molar-refractivity contribution in [2.75, 3.05) is 13.2 Å². The highest BCUT2D eigenvalue weighted by atomic mass is 35.5. The van der Waals surface area contributed by atoms with Crippen molar-refractivity contribution in [1.82, 2.24) is 5.32 Å². The third-order valence-corrected chi connectivity index (χ3v) is 3.73. The SMILES string of the molecule is Cc1cc(OCCNC(=O)CCc2ccccc2)ccc1Cl. The van der Waals surface area contributed by atoms with Gasteiger partial charge in [-0.2, -0.15) is 0 Å².